The Morgan fingerprint density at radius 1 is 0.309 bits per heavy atom. The molecule has 2 heterocycles. The summed E-state index contributed by atoms with van der Waals surface area (Å²) >= 11 is 3.75. The quantitative estimate of drug-likeness (QED) is 0.164. The molecule has 9 aromatic carbocycles. The molecule has 0 atom stereocenters. The zero-order chi connectivity index (χ0) is 36.3. The van der Waals surface area contributed by atoms with E-state index in [0.29, 0.717) is 0 Å². The van der Waals surface area contributed by atoms with Crippen LogP contribution < -0.4 is 4.90 Å². The fourth-order valence-corrected chi connectivity index (χ4v) is 10.7. The van der Waals surface area contributed by atoms with Crippen LogP contribution in [-0.4, -0.2) is 0 Å². The first-order chi connectivity index (χ1) is 27.3. The van der Waals surface area contributed by atoms with Crippen LogP contribution in [0.5, 0.6) is 0 Å². The van der Waals surface area contributed by atoms with Gasteiger partial charge in [-0.3, -0.25) is 0 Å². The molecule has 0 saturated carbocycles. The summed E-state index contributed by atoms with van der Waals surface area (Å²) in [6.45, 7) is 0. The lowest BCUT2D eigenvalue weighted by Crippen LogP contribution is -2.11. The lowest BCUT2D eigenvalue weighted by atomic mass is 9.97. The Kier molecular flexibility index (Phi) is 7.61. The van der Waals surface area contributed by atoms with Gasteiger partial charge in [-0.1, -0.05) is 152 Å². The number of thiophene rings is 2. The van der Waals surface area contributed by atoms with Crippen LogP contribution in [0.1, 0.15) is 0 Å². The smallest absolute Gasteiger partial charge is 0.0540 e. The van der Waals surface area contributed by atoms with Crippen molar-refractivity contribution in [1.82, 2.24) is 0 Å². The van der Waals surface area contributed by atoms with E-state index in [1.54, 1.807) is 0 Å². The van der Waals surface area contributed by atoms with Crippen LogP contribution in [0.4, 0.5) is 17.1 Å². The average molecular weight is 736 g/mol. The van der Waals surface area contributed by atoms with Crippen LogP contribution in [0, 0.1) is 0 Å². The van der Waals surface area contributed by atoms with Crippen molar-refractivity contribution in [2.75, 3.05) is 4.90 Å². The molecule has 11 aromatic rings. The minimum atomic E-state index is 1.11. The molecule has 258 valence electrons. The van der Waals surface area contributed by atoms with Crippen molar-refractivity contribution >= 4 is 90.9 Å². The molecule has 0 amide bonds. The van der Waals surface area contributed by atoms with Crippen molar-refractivity contribution in [3.8, 4) is 33.4 Å². The molecule has 0 fully saturated rings. The Hall–Kier alpha value is -6.52. The zero-order valence-electron chi connectivity index (χ0n) is 29.8. The first-order valence-electron chi connectivity index (χ1n) is 18.7. The summed E-state index contributed by atoms with van der Waals surface area (Å²) < 4.78 is 5.26. The normalized spacial score (nSPS) is 11.6. The van der Waals surface area contributed by atoms with Crippen LogP contribution in [0.3, 0.4) is 0 Å². The largest absolute Gasteiger partial charge is 0.310 e. The number of para-hydroxylation sites is 1. The Balaban J connectivity index is 1.09. The van der Waals surface area contributed by atoms with Gasteiger partial charge in [-0.15, -0.1) is 22.7 Å². The topological polar surface area (TPSA) is 3.24 Å². The van der Waals surface area contributed by atoms with Gasteiger partial charge in [0, 0.05) is 62.8 Å². The molecule has 0 radical (unpaired) electrons. The molecule has 1 nitrogen and oxygen atoms in total. The number of rotatable bonds is 6. The van der Waals surface area contributed by atoms with Gasteiger partial charge >= 0.3 is 0 Å². The van der Waals surface area contributed by atoms with Crippen molar-refractivity contribution in [3.63, 3.8) is 0 Å². The third kappa shape index (κ3) is 5.43. The van der Waals surface area contributed by atoms with Crippen molar-refractivity contribution in [2.24, 2.45) is 0 Å². The Bertz CT molecular complexity index is 3220. The van der Waals surface area contributed by atoms with Crippen molar-refractivity contribution in [1.29, 1.82) is 0 Å². The fraction of sp³-hybridized carbons (Fsp3) is 0. The van der Waals surface area contributed by atoms with Crippen molar-refractivity contribution in [3.05, 3.63) is 200 Å². The number of benzene rings is 9. The molecule has 0 aliphatic heterocycles. The average Bonchev–Trinajstić information content (AvgIpc) is 3.82. The summed E-state index contributed by atoms with van der Waals surface area (Å²) in [4.78, 5) is 2.44. The third-order valence-electron chi connectivity index (χ3n) is 10.9. The summed E-state index contributed by atoms with van der Waals surface area (Å²) in [7, 11) is 0. The van der Waals surface area contributed by atoms with E-state index in [9.17, 15) is 0 Å². The van der Waals surface area contributed by atoms with E-state index in [4.69, 9.17) is 0 Å². The molecule has 2 aromatic heterocycles. The van der Waals surface area contributed by atoms with Crippen molar-refractivity contribution in [2.45, 2.75) is 0 Å². The van der Waals surface area contributed by atoms with Gasteiger partial charge in [0.25, 0.3) is 0 Å². The molecule has 0 N–H and O–H groups in total. The van der Waals surface area contributed by atoms with Gasteiger partial charge in [-0.2, -0.15) is 0 Å². The van der Waals surface area contributed by atoms with Gasteiger partial charge < -0.3 is 4.90 Å². The summed E-state index contributed by atoms with van der Waals surface area (Å²) in [6.07, 6.45) is 0. The van der Waals surface area contributed by atoms with E-state index in [1.165, 1.54) is 84.5 Å². The van der Waals surface area contributed by atoms with Crippen LogP contribution in [-0.2, 0) is 0 Å². The number of anilines is 3. The van der Waals surface area contributed by atoms with Gasteiger partial charge in [-0.25, -0.2) is 0 Å². The maximum atomic E-state index is 2.44. The highest BCUT2D eigenvalue weighted by atomic mass is 32.1. The summed E-state index contributed by atoms with van der Waals surface area (Å²) in [5.41, 5.74) is 10.7. The van der Waals surface area contributed by atoms with Gasteiger partial charge in [0.1, 0.15) is 0 Å². The highest BCUT2D eigenvalue weighted by Crippen LogP contribution is 2.47. The molecular formula is C52H33NS2. The van der Waals surface area contributed by atoms with E-state index in [0.717, 1.165) is 17.1 Å². The second-order valence-electron chi connectivity index (χ2n) is 14.1. The molecule has 0 spiro atoms. The monoisotopic (exact) mass is 735 g/mol. The Morgan fingerprint density at radius 3 is 1.76 bits per heavy atom. The standard InChI is InChI=1S/C52H33NS2/c1-2-16-40-34(12-1)13-10-20-41(40)35-26-29-38(30-27-35)53(39-15-9-14-36(32-39)37-28-31-45-43-18-4-7-24-49(43)54-51(45)33-37)48-23-6-3-17-42(48)46-21-11-22-47-44-19-5-8-25-50(44)55-52(46)47/h1-33H. The van der Waals surface area contributed by atoms with Crippen LogP contribution >= 0.6 is 22.7 Å². The number of fused-ring (bicyclic) bond motifs is 7. The minimum absolute atomic E-state index is 1.11. The lowest BCUT2D eigenvalue weighted by molar-refractivity contribution is 1.28. The number of hydrogen-bond donors (Lipinski definition) is 0. The molecule has 0 aliphatic rings. The molecule has 55 heavy (non-hydrogen) atoms. The van der Waals surface area contributed by atoms with E-state index in [2.05, 4.69) is 205 Å². The molecule has 11 rings (SSSR count). The number of nitrogens with zero attached hydrogens (tertiary/aromatic N) is 1. The molecular weight excluding hydrogens is 703 g/mol. The maximum Gasteiger partial charge on any atom is 0.0540 e. The van der Waals surface area contributed by atoms with Gasteiger partial charge in [-0.05, 0) is 81.6 Å². The van der Waals surface area contributed by atoms with E-state index in [-0.39, 0.29) is 0 Å². The van der Waals surface area contributed by atoms with Gasteiger partial charge in [0.15, 0.2) is 0 Å². The lowest BCUT2D eigenvalue weighted by Gasteiger charge is -2.28. The number of hydrogen-bond acceptors (Lipinski definition) is 3. The van der Waals surface area contributed by atoms with Crippen LogP contribution in [0.25, 0.3) is 84.5 Å². The minimum Gasteiger partial charge on any atom is -0.310 e. The zero-order valence-corrected chi connectivity index (χ0v) is 31.4. The molecule has 0 bridgehead atoms. The predicted octanol–water partition coefficient (Wildman–Crippen LogP) is 16.0. The SMILES string of the molecule is c1cc(-c2ccc3c(c2)sc2ccccc23)cc(N(c2ccc(-c3cccc4ccccc34)cc2)c2ccccc2-c2cccc3c2sc2ccccc23)c1. The molecule has 0 aliphatic carbocycles. The fourth-order valence-electron chi connectivity index (χ4n) is 8.28. The first kappa shape index (κ1) is 32.0. The first-order valence-corrected chi connectivity index (χ1v) is 20.3. The van der Waals surface area contributed by atoms with Crippen molar-refractivity contribution < 1.29 is 0 Å². The second kappa shape index (κ2) is 13.1. The van der Waals surface area contributed by atoms with Gasteiger partial charge in [0.2, 0.25) is 0 Å². The van der Waals surface area contributed by atoms with E-state index >= 15 is 0 Å². The molecule has 0 unspecified atom stereocenters. The predicted molar refractivity (Wildman–Crippen MR) is 241 cm³/mol. The van der Waals surface area contributed by atoms with E-state index < -0.39 is 0 Å². The second-order valence-corrected chi connectivity index (χ2v) is 16.2. The van der Waals surface area contributed by atoms with E-state index in [1.807, 2.05) is 22.7 Å². The van der Waals surface area contributed by atoms with Crippen LogP contribution in [0.2, 0.25) is 0 Å². The highest BCUT2D eigenvalue weighted by Gasteiger charge is 2.20. The summed E-state index contributed by atoms with van der Waals surface area (Å²) in [6, 6.07) is 73.4. The summed E-state index contributed by atoms with van der Waals surface area (Å²) in [5, 5.41) is 7.77. The molecule has 3 heteroatoms. The highest BCUT2D eigenvalue weighted by molar-refractivity contribution is 7.26. The van der Waals surface area contributed by atoms with Gasteiger partial charge in [0.05, 0.1) is 5.69 Å². The summed E-state index contributed by atoms with van der Waals surface area (Å²) in [5.74, 6) is 0. The maximum absolute atomic E-state index is 2.44. The molecule has 0 saturated heterocycles. The van der Waals surface area contributed by atoms with Crippen LogP contribution in [0.15, 0.2) is 200 Å². The Morgan fingerprint density at radius 2 is 0.891 bits per heavy atom. The third-order valence-corrected chi connectivity index (χ3v) is 13.2. The Labute approximate surface area is 327 Å².